The van der Waals surface area contributed by atoms with Crippen LogP contribution in [0.25, 0.3) is 0 Å². The summed E-state index contributed by atoms with van der Waals surface area (Å²) in [6.45, 7) is 0.138. The molecule has 2 rings (SSSR count). The quantitative estimate of drug-likeness (QED) is 0.712. The number of para-hydroxylation sites is 1. The van der Waals surface area contributed by atoms with E-state index in [1.807, 2.05) is 12.1 Å². The number of hydrogen-bond donors (Lipinski definition) is 3. The lowest BCUT2D eigenvalue weighted by atomic mass is 9.98. The summed E-state index contributed by atoms with van der Waals surface area (Å²) in [7, 11) is 0. The number of aliphatic hydroxyl groups is 1. The molecule has 1 aromatic carbocycles. The normalized spacial score (nSPS) is 18.6. The molecule has 1 aliphatic carbocycles. The van der Waals surface area contributed by atoms with Gasteiger partial charge in [0.25, 0.3) is 0 Å². The van der Waals surface area contributed by atoms with Crippen molar-refractivity contribution in [3.8, 4) is 0 Å². The minimum Gasteiger partial charge on any atom is -0.396 e. The monoisotopic (exact) mass is 240 g/mol. The predicted molar refractivity (Wildman–Crippen MR) is 67.8 cm³/mol. The molecule has 4 heteroatoms. The maximum Gasteiger partial charge on any atom is 0.0739 e. The molecule has 0 amide bonds. The van der Waals surface area contributed by atoms with Crippen LogP contribution in [0.4, 0.5) is 11.4 Å². The van der Waals surface area contributed by atoms with Crippen molar-refractivity contribution in [2.24, 2.45) is 0 Å². The Balaban J connectivity index is 2.22. The molecule has 0 bridgehead atoms. The van der Waals surface area contributed by atoms with Crippen molar-refractivity contribution >= 4 is 23.0 Å². The van der Waals surface area contributed by atoms with Crippen LogP contribution in [0, 0.1) is 0 Å². The highest BCUT2D eigenvalue weighted by molar-refractivity contribution is 6.33. The van der Waals surface area contributed by atoms with E-state index in [-0.39, 0.29) is 12.1 Å². The van der Waals surface area contributed by atoms with E-state index in [0.717, 1.165) is 31.4 Å². The van der Waals surface area contributed by atoms with Crippen LogP contribution in [0.2, 0.25) is 5.02 Å². The van der Waals surface area contributed by atoms with Crippen molar-refractivity contribution in [2.75, 3.05) is 17.7 Å². The zero-order valence-electron chi connectivity index (χ0n) is 9.17. The zero-order chi connectivity index (χ0) is 11.6. The lowest BCUT2D eigenvalue weighted by Gasteiger charge is -2.30. The smallest absolute Gasteiger partial charge is 0.0739 e. The summed E-state index contributed by atoms with van der Waals surface area (Å²) in [6.07, 6.45) is 4.26. The summed E-state index contributed by atoms with van der Waals surface area (Å²) in [4.78, 5) is 0. The van der Waals surface area contributed by atoms with Gasteiger partial charge in [0.05, 0.1) is 28.5 Å². The first-order chi connectivity index (χ1) is 7.67. The van der Waals surface area contributed by atoms with E-state index in [4.69, 9.17) is 17.3 Å². The van der Waals surface area contributed by atoms with Crippen molar-refractivity contribution < 1.29 is 5.11 Å². The minimum absolute atomic E-state index is 0.138. The fourth-order valence-electron chi connectivity index (χ4n) is 2.31. The molecule has 1 aliphatic rings. The van der Waals surface area contributed by atoms with Gasteiger partial charge in [0.2, 0.25) is 0 Å². The Morgan fingerprint density at radius 1 is 1.38 bits per heavy atom. The summed E-state index contributed by atoms with van der Waals surface area (Å²) in [5.41, 5.74) is 7.07. The van der Waals surface area contributed by atoms with Gasteiger partial charge in [0, 0.05) is 0 Å². The second-order valence-corrected chi connectivity index (χ2v) is 4.88. The first-order valence-electron chi connectivity index (χ1n) is 5.60. The molecule has 0 atom stereocenters. The average Bonchev–Trinajstić information content (AvgIpc) is 2.74. The summed E-state index contributed by atoms with van der Waals surface area (Å²) in [5, 5.41) is 13.4. The Morgan fingerprint density at radius 2 is 2.06 bits per heavy atom. The Kier molecular flexibility index (Phi) is 3.26. The number of hydrogen-bond acceptors (Lipinski definition) is 3. The van der Waals surface area contributed by atoms with E-state index < -0.39 is 0 Å². The van der Waals surface area contributed by atoms with Crippen LogP contribution >= 0.6 is 11.6 Å². The largest absolute Gasteiger partial charge is 0.396 e. The van der Waals surface area contributed by atoms with Crippen LogP contribution < -0.4 is 11.1 Å². The van der Waals surface area contributed by atoms with Gasteiger partial charge >= 0.3 is 0 Å². The fraction of sp³-hybridized carbons (Fsp3) is 0.500. The van der Waals surface area contributed by atoms with E-state index in [9.17, 15) is 5.11 Å². The molecule has 0 saturated heterocycles. The second kappa shape index (κ2) is 4.52. The number of nitrogens with one attached hydrogen (secondary N) is 1. The highest BCUT2D eigenvalue weighted by Gasteiger charge is 2.33. The van der Waals surface area contributed by atoms with Gasteiger partial charge in [-0.25, -0.2) is 0 Å². The third kappa shape index (κ3) is 2.11. The molecule has 16 heavy (non-hydrogen) atoms. The van der Waals surface area contributed by atoms with Crippen LogP contribution in [0.5, 0.6) is 0 Å². The summed E-state index contributed by atoms with van der Waals surface area (Å²) in [6, 6.07) is 5.53. The number of nitrogens with two attached hydrogens (primary N) is 1. The molecule has 1 aromatic rings. The van der Waals surface area contributed by atoms with Gasteiger partial charge in [-0.3, -0.25) is 0 Å². The van der Waals surface area contributed by atoms with Crippen LogP contribution in [0.15, 0.2) is 18.2 Å². The third-order valence-electron chi connectivity index (χ3n) is 3.32. The van der Waals surface area contributed by atoms with Crippen LogP contribution in [-0.4, -0.2) is 17.3 Å². The van der Waals surface area contributed by atoms with Crippen molar-refractivity contribution in [1.82, 2.24) is 0 Å². The topological polar surface area (TPSA) is 58.3 Å². The third-order valence-corrected chi connectivity index (χ3v) is 3.65. The Hall–Kier alpha value is -0.930. The number of benzene rings is 1. The first-order valence-corrected chi connectivity index (χ1v) is 5.98. The molecular weight excluding hydrogens is 224 g/mol. The molecule has 0 radical (unpaired) electrons. The zero-order valence-corrected chi connectivity index (χ0v) is 9.93. The minimum atomic E-state index is -0.210. The van der Waals surface area contributed by atoms with Gasteiger partial charge < -0.3 is 16.2 Å². The van der Waals surface area contributed by atoms with E-state index in [1.54, 1.807) is 6.07 Å². The molecule has 1 saturated carbocycles. The molecule has 0 unspecified atom stereocenters. The molecule has 0 spiro atoms. The van der Waals surface area contributed by atoms with Gasteiger partial charge in [-0.2, -0.15) is 0 Å². The molecule has 4 N–H and O–H groups in total. The standard InChI is InChI=1S/C12H17ClN2O/c13-9-4-3-5-10(11(9)14)15-12(8-16)6-1-2-7-12/h3-5,15-16H,1-2,6-8,14H2. The Morgan fingerprint density at radius 3 is 2.69 bits per heavy atom. The van der Waals surface area contributed by atoms with Crippen molar-refractivity contribution in [3.05, 3.63) is 23.2 Å². The molecular formula is C12H17ClN2O. The Labute approximate surface area is 101 Å². The van der Waals surface area contributed by atoms with Crippen molar-refractivity contribution in [3.63, 3.8) is 0 Å². The average molecular weight is 241 g/mol. The summed E-state index contributed by atoms with van der Waals surface area (Å²) < 4.78 is 0. The molecule has 3 nitrogen and oxygen atoms in total. The van der Waals surface area contributed by atoms with Crippen LogP contribution in [0.1, 0.15) is 25.7 Å². The van der Waals surface area contributed by atoms with Gasteiger partial charge in [-0.1, -0.05) is 30.5 Å². The van der Waals surface area contributed by atoms with Gasteiger partial charge in [-0.05, 0) is 25.0 Å². The molecule has 0 heterocycles. The molecule has 1 fully saturated rings. The Bertz CT molecular complexity index is 375. The summed E-state index contributed by atoms with van der Waals surface area (Å²) >= 11 is 5.96. The van der Waals surface area contributed by atoms with Gasteiger partial charge in [0.15, 0.2) is 0 Å². The number of rotatable bonds is 3. The van der Waals surface area contributed by atoms with Crippen LogP contribution in [0.3, 0.4) is 0 Å². The highest BCUT2D eigenvalue weighted by Crippen LogP contribution is 2.36. The number of anilines is 2. The lowest BCUT2D eigenvalue weighted by Crippen LogP contribution is -2.39. The van der Waals surface area contributed by atoms with E-state index >= 15 is 0 Å². The molecule has 0 aromatic heterocycles. The van der Waals surface area contributed by atoms with E-state index in [1.165, 1.54) is 0 Å². The summed E-state index contributed by atoms with van der Waals surface area (Å²) in [5.74, 6) is 0. The van der Waals surface area contributed by atoms with Crippen molar-refractivity contribution in [1.29, 1.82) is 0 Å². The van der Waals surface area contributed by atoms with E-state index in [0.29, 0.717) is 10.7 Å². The number of aliphatic hydroxyl groups excluding tert-OH is 1. The van der Waals surface area contributed by atoms with Crippen LogP contribution in [-0.2, 0) is 0 Å². The van der Waals surface area contributed by atoms with Gasteiger partial charge in [-0.15, -0.1) is 0 Å². The first kappa shape index (κ1) is 11.6. The van der Waals surface area contributed by atoms with Gasteiger partial charge in [0.1, 0.15) is 0 Å². The second-order valence-electron chi connectivity index (χ2n) is 4.47. The fourth-order valence-corrected chi connectivity index (χ4v) is 2.48. The SMILES string of the molecule is Nc1c(Cl)cccc1NC1(CO)CCCC1. The molecule has 88 valence electrons. The molecule has 0 aliphatic heterocycles. The predicted octanol–water partition coefficient (Wildman–Crippen LogP) is 2.64. The van der Waals surface area contributed by atoms with E-state index in [2.05, 4.69) is 5.32 Å². The number of nitrogen functional groups attached to an aromatic ring is 1. The maximum absolute atomic E-state index is 9.50. The van der Waals surface area contributed by atoms with Crippen molar-refractivity contribution in [2.45, 2.75) is 31.2 Å². The lowest BCUT2D eigenvalue weighted by molar-refractivity contribution is 0.214. The number of halogens is 1. The maximum atomic E-state index is 9.50. The highest BCUT2D eigenvalue weighted by atomic mass is 35.5.